The van der Waals surface area contributed by atoms with E-state index in [0.29, 0.717) is 18.9 Å². The van der Waals surface area contributed by atoms with Gasteiger partial charge in [-0.2, -0.15) is 4.99 Å². The molecule has 0 unspecified atom stereocenters. The molecule has 2 rings (SSSR count). The second-order valence-electron chi connectivity index (χ2n) is 3.61. The van der Waals surface area contributed by atoms with Gasteiger partial charge in [0.05, 0.1) is 10.6 Å². The fourth-order valence-corrected chi connectivity index (χ4v) is 1.82. The van der Waals surface area contributed by atoms with Crippen molar-refractivity contribution in [1.29, 1.82) is 0 Å². The number of phenols is 1. The van der Waals surface area contributed by atoms with E-state index in [1.807, 2.05) is 0 Å². The van der Waals surface area contributed by atoms with Gasteiger partial charge in [0.15, 0.2) is 11.6 Å². The second-order valence-corrected chi connectivity index (χ2v) is 4.02. The Balaban J connectivity index is 2.69. The first-order chi connectivity index (χ1) is 7.52. The number of hydrogen-bond donors (Lipinski definition) is 1. The largest absolute Gasteiger partial charge is 0.506 e. The first kappa shape index (κ1) is 11.0. The van der Waals surface area contributed by atoms with Crippen molar-refractivity contribution >= 4 is 17.7 Å². The van der Waals surface area contributed by atoms with Gasteiger partial charge in [-0.25, -0.2) is 13.6 Å². The number of rotatable bonds is 2. The van der Waals surface area contributed by atoms with Crippen LogP contribution in [0.3, 0.4) is 0 Å². The zero-order valence-corrected chi connectivity index (χ0v) is 8.68. The van der Waals surface area contributed by atoms with Gasteiger partial charge < -0.3 is 5.11 Å². The van der Waals surface area contributed by atoms with E-state index < -0.39 is 22.9 Å². The fourth-order valence-electron chi connectivity index (χ4n) is 1.63. The minimum atomic E-state index is -1.22. The molecule has 0 bridgehead atoms. The van der Waals surface area contributed by atoms with Crippen LogP contribution in [0.5, 0.6) is 5.75 Å². The third kappa shape index (κ3) is 1.49. The number of carbonyl (C=O) groups excluding carboxylic acids is 1. The molecule has 1 aromatic rings. The minimum Gasteiger partial charge on any atom is -0.506 e. The maximum atomic E-state index is 13.5. The Morgan fingerprint density at radius 2 is 2.12 bits per heavy atom. The lowest BCUT2D eigenvalue weighted by atomic mass is 10.0. The summed E-state index contributed by atoms with van der Waals surface area (Å²) in [6.07, 6.45) is 2.00. The van der Waals surface area contributed by atoms with E-state index in [9.17, 15) is 18.7 Å². The van der Waals surface area contributed by atoms with E-state index in [1.165, 1.54) is 6.08 Å². The molecule has 1 aromatic carbocycles. The van der Waals surface area contributed by atoms with Crippen LogP contribution in [0.2, 0.25) is 5.02 Å². The number of phenolic OH excluding ortho intramolecular Hbond substituents is 1. The number of benzene rings is 1. The molecule has 84 valence electrons. The molecule has 1 aliphatic carbocycles. The molecule has 0 aliphatic heterocycles. The molecule has 3 nitrogen and oxygen atoms in total. The molecule has 1 aliphatic rings. The molecule has 0 amide bonds. The zero-order valence-electron chi connectivity index (χ0n) is 7.93. The van der Waals surface area contributed by atoms with Crippen LogP contribution in [0.15, 0.2) is 11.1 Å². The van der Waals surface area contributed by atoms with Crippen LogP contribution in [-0.4, -0.2) is 11.2 Å². The van der Waals surface area contributed by atoms with Gasteiger partial charge in [0.1, 0.15) is 11.3 Å². The van der Waals surface area contributed by atoms with Gasteiger partial charge in [-0.1, -0.05) is 11.6 Å². The van der Waals surface area contributed by atoms with Crippen molar-refractivity contribution in [3.63, 3.8) is 0 Å². The molecule has 0 aromatic heterocycles. The Labute approximate surface area is 94.4 Å². The van der Waals surface area contributed by atoms with Gasteiger partial charge in [0.25, 0.3) is 0 Å². The lowest BCUT2D eigenvalue weighted by molar-refractivity contribution is 0.428. The highest BCUT2D eigenvalue weighted by molar-refractivity contribution is 6.32. The summed E-state index contributed by atoms with van der Waals surface area (Å²) in [6, 6.07) is 0.677. The maximum absolute atomic E-state index is 13.5. The molecule has 1 fully saturated rings. The van der Waals surface area contributed by atoms with E-state index in [1.54, 1.807) is 0 Å². The number of nitrogens with zero attached hydrogens (tertiary/aromatic N) is 1. The van der Waals surface area contributed by atoms with Crippen LogP contribution in [-0.2, 0) is 10.3 Å². The van der Waals surface area contributed by atoms with Crippen molar-refractivity contribution in [2.45, 2.75) is 18.4 Å². The van der Waals surface area contributed by atoms with E-state index in [0.717, 1.165) is 0 Å². The van der Waals surface area contributed by atoms with Crippen LogP contribution in [0, 0.1) is 11.6 Å². The Hall–Kier alpha value is -1.45. The summed E-state index contributed by atoms with van der Waals surface area (Å²) in [7, 11) is 0. The van der Waals surface area contributed by atoms with Crippen LogP contribution < -0.4 is 0 Å². The first-order valence-electron chi connectivity index (χ1n) is 4.48. The van der Waals surface area contributed by atoms with Crippen LogP contribution in [0.4, 0.5) is 8.78 Å². The molecule has 0 atom stereocenters. The molecular weight excluding hydrogens is 240 g/mol. The van der Waals surface area contributed by atoms with Gasteiger partial charge in [-0.15, -0.1) is 0 Å². The number of halogens is 3. The predicted octanol–water partition coefficient (Wildman–Crippen LogP) is 2.65. The molecule has 1 N–H and O–H groups in total. The number of aromatic hydroxyl groups is 1. The molecule has 0 spiro atoms. The normalized spacial score (nSPS) is 16.7. The SMILES string of the molecule is O=C=NC1(c2c(O)c(Cl)cc(F)c2F)CC1. The van der Waals surface area contributed by atoms with Crippen molar-refractivity contribution in [2.24, 2.45) is 4.99 Å². The molecule has 16 heavy (non-hydrogen) atoms. The third-order valence-corrected chi connectivity index (χ3v) is 2.88. The molecule has 0 heterocycles. The summed E-state index contributed by atoms with van der Waals surface area (Å²) >= 11 is 5.53. The summed E-state index contributed by atoms with van der Waals surface area (Å²) in [5, 5.41) is 9.27. The van der Waals surface area contributed by atoms with Crippen molar-refractivity contribution in [3.05, 3.63) is 28.3 Å². The van der Waals surface area contributed by atoms with Crippen molar-refractivity contribution < 1.29 is 18.7 Å². The molecule has 1 saturated carbocycles. The number of aliphatic imine (C=N–C) groups is 1. The average Bonchev–Trinajstić information content (AvgIpc) is 2.97. The average molecular weight is 246 g/mol. The van der Waals surface area contributed by atoms with Gasteiger partial charge in [-0.3, -0.25) is 0 Å². The smallest absolute Gasteiger partial charge is 0.235 e. The van der Waals surface area contributed by atoms with E-state index in [4.69, 9.17) is 11.6 Å². The monoisotopic (exact) mass is 245 g/mol. The molecule has 0 saturated heterocycles. The van der Waals surface area contributed by atoms with E-state index >= 15 is 0 Å². The molecular formula is C10H6ClF2NO2. The summed E-state index contributed by atoms with van der Waals surface area (Å²) in [5.41, 5.74) is -1.55. The van der Waals surface area contributed by atoms with Crippen molar-refractivity contribution in [1.82, 2.24) is 0 Å². The highest BCUT2D eigenvalue weighted by Crippen LogP contribution is 2.54. The Morgan fingerprint density at radius 3 is 2.62 bits per heavy atom. The number of isocyanates is 1. The Bertz CT molecular complexity index is 482. The van der Waals surface area contributed by atoms with Gasteiger partial charge in [0.2, 0.25) is 6.08 Å². The predicted molar refractivity (Wildman–Crippen MR) is 52.1 cm³/mol. The topological polar surface area (TPSA) is 49.7 Å². The lowest BCUT2D eigenvalue weighted by Gasteiger charge is -2.13. The van der Waals surface area contributed by atoms with E-state index in [-0.39, 0.29) is 10.6 Å². The number of hydrogen-bond acceptors (Lipinski definition) is 3. The first-order valence-corrected chi connectivity index (χ1v) is 4.85. The summed E-state index contributed by atoms with van der Waals surface area (Å²) < 4.78 is 26.6. The van der Waals surface area contributed by atoms with Gasteiger partial charge in [-0.05, 0) is 18.9 Å². The fraction of sp³-hybridized carbons (Fsp3) is 0.300. The third-order valence-electron chi connectivity index (χ3n) is 2.59. The van der Waals surface area contributed by atoms with Gasteiger partial charge in [0, 0.05) is 0 Å². The standard InChI is InChI=1S/C10H6ClF2NO2/c11-5-3-6(12)8(13)7(9(5)16)10(1-2-10)14-4-15/h3,16H,1-2H2. The zero-order chi connectivity index (χ0) is 11.9. The second kappa shape index (κ2) is 3.54. The maximum Gasteiger partial charge on any atom is 0.235 e. The minimum absolute atomic E-state index is 0.304. The van der Waals surface area contributed by atoms with Crippen molar-refractivity contribution in [3.8, 4) is 5.75 Å². The van der Waals surface area contributed by atoms with Crippen LogP contribution >= 0.6 is 11.6 Å². The Morgan fingerprint density at radius 1 is 1.50 bits per heavy atom. The van der Waals surface area contributed by atoms with Crippen molar-refractivity contribution in [2.75, 3.05) is 0 Å². The quantitative estimate of drug-likeness (QED) is 0.495. The highest BCUT2D eigenvalue weighted by Gasteiger charge is 2.49. The molecule has 6 heteroatoms. The summed E-state index contributed by atoms with van der Waals surface area (Å²) in [4.78, 5) is 13.6. The summed E-state index contributed by atoms with van der Waals surface area (Å²) in [6.45, 7) is 0. The van der Waals surface area contributed by atoms with E-state index in [2.05, 4.69) is 4.99 Å². The van der Waals surface area contributed by atoms with Crippen LogP contribution in [0.25, 0.3) is 0 Å². The van der Waals surface area contributed by atoms with Gasteiger partial charge >= 0.3 is 0 Å². The Kier molecular flexibility index (Phi) is 2.45. The molecule has 0 radical (unpaired) electrons. The highest BCUT2D eigenvalue weighted by atomic mass is 35.5. The lowest BCUT2D eigenvalue weighted by Crippen LogP contribution is -2.08. The summed E-state index contributed by atoms with van der Waals surface area (Å²) in [5.74, 6) is -2.97. The van der Waals surface area contributed by atoms with Crippen LogP contribution in [0.1, 0.15) is 18.4 Å².